The van der Waals surface area contributed by atoms with Gasteiger partial charge in [-0.2, -0.15) is 0 Å². The van der Waals surface area contributed by atoms with Gasteiger partial charge in [0.2, 0.25) is 5.91 Å². The number of carbonyl (C=O) groups is 4. The lowest BCUT2D eigenvalue weighted by atomic mass is 10.2. The van der Waals surface area contributed by atoms with Crippen molar-refractivity contribution in [2.24, 2.45) is 0 Å². The third-order valence-corrected chi connectivity index (χ3v) is 4.60. The normalized spacial score (nSPS) is 13.9. The van der Waals surface area contributed by atoms with E-state index in [2.05, 4.69) is 21.2 Å². The molecular weight excluding hydrogens is 430 g/mol. The first-order valence-electron chi connectivity index (χ1n) is 8.40. The Labute approximate surface area is 169 Å². The van der Waals surface area contributed by atoms with Crippen LogP contribution >= 0.6 is 15.9 Å². The highest BCUT2D eigenvalue weighted by molar-refractivity contribution is 9.10. The van der Waals surface area contributed by atoms with Crippen LogP contribution in [0, 0.1) is 0 Å². The summed E-state index contributed by atoms with van der Waals surface area (Å²) in [6.07, 6.45) is 0. The third-order valence-electron chi connectivity index (χ3n) is 3.91. The van der Waals surface area contributed by atoms with Gasteiger partial charge in [0.1, 0.15) is 12.3 Å². The zero-order valence-electron chi connectivity index (χ0n) is 14.8. The molecule has 0 aliphatic carbocycles. The highest BCUT2D eigenvalue weighted by Gasteiger charge is 2.47. The molecule has 0 radical (unpaired) electrons. The van der Waals surface area contributed by atoms with Crippen LogP contribution in [0.3, 0.4) is 0 Å². The number of benzene rings is 2. The fourth-order valence-electron chi connectivity index (χ4n) is 2.67. The number of para-hydroxylation sites is 3. The number of rotatable bonds is 6. The van der Waals surface area contributed by atoms with Crippen molar-refractivity contribution in [3.63, 3.8) is 0 Å². The molecule has 2 aromatic carbocycles. The van der Waals surface area contributed by atoms with Gasteiger partial charge in [-0.3, -0.25) is 14.4 Å². The van der Waals surface area contributed by atoms with Crippen LogP contribution < -0.4 is 15.0 Å². The largest absolute Gasteiger partial charge is 0.492 e. The van der Waals surface area contributed by atoms with Gasteiger partial charge in [-0.25, -0.2) is 14.6 Å². The minimum atomic E-state index is -1.07. The molecule has 1 N–H and O–H groups in total. The molecule has 9 heteroatoms. The van der Waals surface area contributed by atoms with Gasteiger partial charge in [0.25, 0.3) is 0 Å². The molecule has 5 amide bonds. The van der Waals surface area contributed by atoms with Crippen LogP contribution in [-0.4, -0.2) is 41.8 Å². The van der Waals surface area contributed by atoms with Gasteiger partial charge in [-0.1, -0.05) is 24.3 Å². The molecule has 0 bridgehead atoms. The molecule has 1 heterocycles. The Morgan fingerprint density at radius 2 is 1.71 bits per heavy atom. The van der Waals surface area contributed by atoms with Crippen LogP contribution in [0.4, 0.5) is 16.2 Å². The lowest BCUT2D eigenvalue weighted by Crippen LogP contribution is -2.39. The van der Waals surface area contributed by atoms with Crippen molar-refractivity contribution in [2.75, 3.05) is 23.4 Å². The first-order chi connectivity index (χ1) is 13.4. The summed E-state index contributed by atoms with van der Waals surface area (Å²) in [6.45, 7) is 1.49. The summed E-state index contributed by atoms with van der Waals surface area (Å²) < 4.78 is 6.07. The molecule has 0 atom stereocenters. The summed E-state index contributed by atoms with van der Waals surface area (Å²) in [6, 6.07) is 12.4. The highest BCUT2D eigenvalue weighted by atomic mass is 79.9. The molecule has 0 spiro atoms. The van der Waals surface area contributed by atoms with E-state index in [1.165, 1.54) is 6.07 Å². The van der Waals surface area contributed by atoms with Crippen molar-refractivity contribution in [3.8, 4) is 5.75 Å². The van der Waals surface area contributed by atoms with Crippen molar-refractivity contribution in [1.82, 2.24) is 4.90 Å². The third kappa shape index (κ3) is 3.74. The van der Waals surface area contributed by atoms with E-state index in [1.807, 2.05) is 0 Å². The predicted molar refractivity (Wildman–Crippen MR) is 105 cm³/mol. The second kappa shape index (κ2) is 8.22. The van der Waals surface area contributed by atoms with E-state index < -0.39 is 30.3 Å². The number of amides is 5. The Morgan fingerprint density at radius 3 is 2.43 bits per heavy atom. The maximum Gasteiger partial charge on any atom is 0.339 e. The van der Waals surface area contributed by atoms with Gasteiger partial charge in [0, 0.05) is 4.47 Å². The summed E-state index contributed by atoms with van der Waals surface area (Å²) in [5.41, 5.74) is 0.637. The zero-order chi connectivity index (χ0) is 20.3. The van der Waals surface area contributed by atoms with Crippen LogP contribution in [0.15, 0.2) is 53.0 Å². The van der Waals surface area contributed by atoms with E-state index in [-0.39, 0.29) is 5.69 Å². The van der Waals surface area contributed by atoms with Crippen LogP contribution in [0.1, 0.15) is 6.92 Å². The molecule has 1 fully saturated rings. The van der Waals surface area contributed by atoms with Crippen molar-refractivity contribution in [2.45, 2.75) is 6.92 Å². The number of urea groups is 1. The average molecular weight is 446 g/mol. The summed E-state index contributed by atoms with van der Waals surface area (Å²) >= 11 is 3.30. The molecule has 144 valence electrons. The predicted octanol–water partition coefficient (Wildman–Crippen LogP) is 2.78. The molecule has 0 unspecified atom stereocenters. The molecule has 0 saturated carbocycles. The van der Waals surface area contributed by atoms with Crippen LogP contribution in [0.2, 0.25) is 0 Å². The van der Waals surface area contributed by atoms with Crippen molar-refractivity contribution >= 4 is 51.1 Å². The summed E-state index contributed by atoms with van der Waals surface area (Å²) in [5.74, 6) is -2.43. The zero-order valence-corrected chi connectivity index (χ0v) is 16.4. The minimum absolute atomic E-state index is 0.154. The van der Waals surface area contributed by atoms with Crippen molar-refractivity contribution in [1.29, 1.82) is 0 Å². The van der Waals surface area contributed by atoms with E-state index in [1.54, 1.807) is 49.4 Å². The second-order valence-electron chi connectivity index (χ2n) is 5.74. The number of hydrogen-bond donors (Lipinski definition) is 1. The number of halogens is 1. The Bertz CT molecular complexity index is 962. The highest BCUT2D eigenvalue weighted by Crippen LogP contribution is 2.31. The molecule has 1 saturated heterocycles. The summed E-state index contributed by atoms with van der Waals surface area (Å²) in [7, 11) is 0. The standard InChI is InChI=1S/C19H16BrN3O5/c1-2-28-15-10-6-5-9-14(15)23-18(26)17(25)22(19(23)27)11-16(24)21-13-8-4-3-7-12(13)20/h3-10H,2,11H2,1H3,(H,21,24). The SMILES string of the molecule is CCOc1ccccc1N1C(=O)C(=O)N(CC(=O)Nc2ccccc2Br)C1=O. The molecule has 28 heavy (non-hydrogen) atoms. The van der Waals surface area contributed by atoms with Gasteiger partial charge in [0.05, 0.1) is 18.0 Å². The smallest absolute Gasteiger partial charge is 0.339 e. The van der Waals surface area contributed by atoms with Gasteiger partial charge < -0.3 is 10.1 Å². The molecule has 0 aromatic heterocycles. The molecule has 1 aliphatic heterocycles. The maximum absolute atomic E-state index is 12.7. The van der Waals surface area contributed by atoms with Crippen molar-refractivity contribution in [3.05, 3.63) is 53.0 Å². The quantitative estimate of drug-likeness (QED) is 0.544. The van der Waals surface area contributed by atoms with Crippen LogP contribution in [0.5, 0.6) is 5.75 Å². The van der Waals surface area contributed by atoms with E-state index in [0.717, 1.165) is 4.90 Å². The Hall–Kier alpha value is -3.20. The lowest BCUT2D eigenvalue weighted by molar-refractivity contribution is -0.140. The molecule has 2 aromatic rings. The fraction of sp³-hybridized carbons (Fsp3) is 0.158. The maximum atomic E-state index is 12.7. The van der Waals surface area contributed by atoms with E-state index in [4.69, 9.17) is 4.74 Å². The number of carbonyl (C=O) groups excluding carboxylic acids is 4. The molecule has 8 nitrogen and oxygen atoms in total. The summed E-state index contributed by atoms with van der Waals surface area (Å²) in [5, 5.41) is 2.59. The van der Waals surface area contributed by atoms with Gasteiger partial charge in [-0.05, 0) is 47.1 Å². The number of imide groups is 2. The topological polar surface area (TPSA) is 96.0 Å². The van der Waals surface area contributed by atoms with Crippen LogP contribution in [0.25, 0.3) is 0 Å². The lowest BCUT2D eigenvalue weighted by Gasteiger charge is -2.18. The fourth-order valence-corrected chi connectivity index (χ4v) is 3.06. The average Bonchev–Trinajstić information content (AvgIpc) is 2.88. The van der Waals surface area contributed by atoms with Crippen molar-refractivity contribution < 1.29 is 23.9 Å². The Kier molecular flexibility index (Phi) is 5.74. The first-order valence-corrected chi connectivity index (χ1v) is 9.19. The van der Waals surface area contributed by atoms with Gasteiger partial charge in [0.15, 0.2) is 0 Å². The van der Waals surface area contributed by atoms with Gasteiger partial charge >= 0.3 is 17.8 Å². The first kappa shape index (κ1) is 19.6. The van der Waals surface area contributed by atoms with E-state index in [0.29, 0.717) is 27.4 Å². The molecule has 3 rings (SSSR count). The minimum Gasteiger partial charge on any atom is -0.492 e. The Morgan fingerprint density at radius 1 is 1.04 bits per heavy atom. The number of anilines is 2. The number of nitrogens with zero attached hydrogens (tertiary/aromatic N) is 2. The Balaban J connectivity index is 1.80. The number of hydrogen-bond acceptors (Lipinski definition) is 5. The van der Waals surface area contributed by atoms with E-state index >= 15 is 0 Å². The number of nitrogens with one attached hydrogen (secondary N) is 1. The monoisotopic (exact) mass is 445 g/mol. The number of ether oxygens (including phenoxy) is 1. The van der Waals surface area contributed by atoms with Crippen LogP contribution in [-0.2, 0) is 14.4 Å². The van der Waals surface area contributed by atoms with Gasteiger partial charge in [-0.15, -0.1) is 0 Å². The molecular formula is C19H16BrN3O5. The summed E-state index contributed by atoms with van der Waals surface area (Å²) in [4.78, 5) is 51.0. The molecule has 1 aliphatic rings. The van der Waals surface area contributed by atoms with E-state index in [9.17, 15) is 19.2 Å². The second-order valence-corrected chi connectivity index (χ2v) is 6.60.